The number of rotatable bonds is 1. The molecule has 1 heterocycles. The van der Waals surface area contributed by atoms with Crippen LogP contribution in [0.3, 0.4) is 0 Å². The van der Waals surface area contributed by atoms with Crippen LogP contribution in [0.1, 0.15) is 17.5 Å². The van der Waals surface area contributed by atoms with Gasteiger partial charge < -0.3 is 11.1 Å². The molecule has 0 spiro atoms. The third-order valence-corrected chi connectivity index (χ3v) is 2.56. The van der Waals surface area contributed by atoms with Crippen LogP contribution in [0.15, 0.2) is 18.2 Å². The molecule has 0 saturated carbocycles. The average Bonchev–Trinajstić information content (AvgIpc) is 2.17. The first-order valence-corrected chi connectivity index (χ1v) is 4.85. The number of nitrogens with one attached hydrogen (secondary N) is 1. The molecule has 68 valence electrons. The standard InChI is InChI=1S/C10H12N2S/c11-10(13)8-5-1-3-7-4-2-6-12-9(7)8/h1,3,5,12H,2,4,6H2,(H2,11,13). The van der Waals surface area contributed by atoms with Crippen molar-refractivity contribution in [2.75, 3.05) is 11.9 Å². The van der Waals surface area contributed by atoms with Crippen LogP contribution in [0.5, 0.6) is 0 Å². The Labute approximate surface area is 83.1 Å². The molecule has 0 saturated heterocycles. The van der Waals surface area contributed by atoms with Gasteiger partial charge in [-0.05, 0) is 24.5 Å². The number of nitrogens with two attached hydrogens (primary N) is 1. The van der Waals surface area contributed by atoms with Crippen molar-refractivity contribution >= 4 is 22.9 Å². The third-order valence-electron chi connectivity index (χ3n) is 2.34. The second-order valence-corrected chi connectivity index (χ2v) is 3.67. The molecular weight excluding hydrogens is 180 g/mol. The van der Waals surface area contributed by atoms with Crippen molar-refractivity contribution in [3.8, 4) is 0 Å². The van der Waals surface area contributed by atoms with Crippen molar-refractivity contribution in [3.05, 3.63) is 29.3 Å². The van der Waals surface area contributed by atoms with Crippen LogP contribution in [0, 0.1) is 0 Å². The van der Waals surface area contributed by atoms with Crippen molar-refractivity contribution < 1.29 is 0 Å². The Morgan fingerprint density at radius 3 is 3.08 bits per heavy atom. The van der Waals surface area contributed by atoms with Gasteiger partial charge in [0, 0.05) is 17.8 Å². The molecule has 1 aliphatic rings. The van der Waals surface area contributed by atoms with Crippen LogP contribution in [0.25, 0.3) is 0 Å². The van der Waals surface area contributed by atoms with Gasteiger partial charge in [0.2, 0.25) is 0 Å². The molecule has 2 nitrogen and oxygen atoms in total. The number of anilines is 1. The Balaban J connectivity index is 2.52. The Morgan fingerprint density at radius 1 is 1.46 bits per heavy atom. The van der Waals surface area contributed by atoms with Gasteiger partial charge in [-0.3, -0.25) is 0 Å². The van der Waals surface area contributed by atoms with Crippen molar-refractivity contribution in [2.45, 2.75) is 12.8 Å². The minimum absolute atomic E-state index is 0.478. The lowest BCUT2D eigenvalue weighted by atomic mass is 9.99. The van der Waals surface area contributed by atoms with Gasteiger partial charge in [-0.2, -0.15) is 0 Å². The summed E-state index contributed by atoms with van der Waals surface area (Å²) in [6.45, 7) is 1.02. The van der Waals surface area contributed by atoms with E-state index in [0.717, 1.165) is 24.2 Å². The number of aryl methyl sites for hydroxylation is 1. The Morgan fingerprint density at radius 2 is 2.31 bits per heavy atom. The van der Waals surface area contributed by atoms with E-state index in [1.807, 2.05) is 12.1 Å². The van der Waals surface area contributed by atoms with Gasteiger partial charge in [-0.15, -0.1) is 0 Å². The molecule has 2 rings (SSSR count). The Hall–Kier alpha value is -1.09. The normalized spacial score (nSPS) is 14.5. The predicted molar refractivity (Wildman–Crippen MR) is 59.1 cm³/mol. The Bertz CT molecular complexity index is 347. The molecule has 0 amide bonds. The second-order valence-electron chi connectivity index (χ2n) is 3.23. The first-order valence-electron chi connectivity index (χ1n) is 4.44. The van der Waals surface area contributed by atoms with Gasteiger partial charge in [-0.1, -0.05) is 24.4 Å². The van der Waals surface area contributed by atoms with Crippen molar-refractivity contribution in [2.24, 2.45) is 5.73 Å². The predicted octanol–water partition coefficient (Wildman–Crippen LogP) is 1.68. The molecule has 0 radical (unpaired) electrons. The summed E-state index contributed by atoms with van der Waals surface area (Å²) in [5, 5.41) is 3.35. The SMILES string of the molecule is NC(=S)c1cccc2c1NCCC2. The van der Waals surface area contributed by atoms with E-state index in [1.165, 1.54) is 12.0 Å². The van der Waals surface area contributed by atoms with Gasteiger partial charge in [0.05, 0.1) is 0 Å². The van der Waals surface area contributed by atoms with Crippen molar-refractivity contribution in [3.63, 3.8) is 0 Å². The lowest BCUT2D eigenvalue weighted by Gasteiger charge is -2.20. The summed E-state index contributed by atoms with van der Waals surface area (Å²) in [6, 6.07) is 6.11. The van der Waals surface area contributed by atoms with Crippen molar-refractivity contribution in [1.82, 2.24) is 0 Å². The highest BCUT2D eigenvalue weighted by molar-refractivity contribution is 7.80. The number of para-hydroxylation sites is 1. The molecule has 0 bridgehead atoms. The minimum Gasteiger partial charge on any atom is -0.389 e. The van der Waals surface area contributed by atoms with E-state index in [0.29, 0.717) is 4.99 Å². The smallest absolute Gasteiger partial charge is 0.106 e. The number of hydrogen-bond donors (Lipinski definition) is 2. The van der Waals surface area contributed by atoms with Crippen molar-refractivity contribution in [1.29, 1.82) is 0 Å². The maximum absolute atomic E-state index is 5.63. The highest BCUT2D eigenvalue weighted by Gasteiger charge is 2.12. The molecule has 3 heteroatoms. The number of thiocarbonyl (C=S) groups is 1. The zero-order valence-corrected chi connectivity index (χ0v) is 8.16. The van der Waals surface area contributed by atoms with E-state index < -0.39 is 0 Å². The zero-order chi connectivity index (χ0) is 9.26. The van der Waals surface area contributed by atoms with Crippen LogP contribution < -0.4 is 11.1 Å². The summed E-state index contributed by atoms with van der Waals surface area (Å²) in [6.07, 6.45) is 2.31. The van der Waals surface area contributed by atoms with E-state index in [-0.39, 0.29) is 0 Å². The van der Waals surface area contributed by atoms with Crippen LogP contribution in [-0.4, -0.2) is 11.5 Å². The zero-order valence-electron chi connectivity index (χ0n) is 7.34. The lowest BCUT2D eigenvalue weighted by molar-refractivity contribution is 0.830. The fourth-order valence-electron chi connectivity index (χ4n) is 1.71. The van der Waals surface area contributed by atoms with E-state index in [1.54, 1.807) is 0 Å². The molecule has 0 atom stereocenters. The fraction of sp³-hybridized carbons (Fsp3) is 0.300. The summed E-state index contributed by atoms with van der Waals surface area (Å²) in [4.78, 5) is 0.478. The van der Waals surface area contributed by atoms with Gasteiger partial charge in [0.25, 0.3) is 0 Å². The monoisotopic (exact) mass is 192 g/mol. The Kier molecular flexibility index (Phi) is 2.19. The van der Waals surface area contributed by atoms with E-state index in [9.17, 15) is 0 Å². The number of fused-ring (bicyclic) bond motifs is 1. The maximum Gasteiger partial charge on any atom is 0.106 e. The maximum atomic E-state index is 5.63. The summed E-state index contributed by atoms with van der Waals surface area (Å²) in [7, 11) is 0. The summed E-state index contributed by atoms with van der Waals surface area (Å²) < 4.78 is 0. The van der Waals surface area contributed by atoms with Crippen LogP contribution in [-0.2, 0) is 6.42 Å². The molecule has 0 aromatic heterocycles. The molecule has 13 heavy (non-hydrogen) atoms. The summed E-state index contributed by atoms with van der Waals surface area (Å²) in [5.74, 6) is 0. The molecule has 0 aliphatic carbocycles. The summed E-state index contributed by atoms with van der Waals surface area (Å²) in [5.41, 5.74) is 9.08. The fourth-order valence-corrected chi connectivity index (χ4v) is 1.88. The van der Waals surface area contributed by atoms with Gasteiger partial charge in [0.1, 0.15) is 4.99 Å². The summed E-state index contributed by atoms with van der Waals surface area (Å²) >= 11 is 4.99. The topological polar surface area (TPSA) is 38.0 Å². The molecule has 0 fully saturated rings. The quantitative estimate of drug-likeness (QED) is 0.665. The van der Waals surface area contributed by atoms with Gasteiger partial charge >= 0.3 is 0 Å². The first kappa shape index (κ1) is 8.51. The van der Waals surface area contributed by atoms with Crippen LogP contribution >= 0.6 is 12.2 Å². The average molecular weight is 192 g/mol. The second kappa shape index (κ2) is 3.34. The van der Waals surface area contributed by atoms with Gasteiger partial charge in [0.15, 0.2) is 0 Å². The lowest BCUT2D eigenvalue weighted by Crippen LogP contribution is -2.18. The highest BCUT2D eigenvalue weighted by Crippen LogP contribution is 2.25. The van der Waals surface area contributed by atoms with E-state index in [4.69, 9.17) is 18.0 Å². The number of benzene rings is 1. The first-order chi connectivity index (χ1) is 6.29. The van der Waals surface area contributed by atoms with Crippen LogP contribution in [0.4, 0.5) is 5.69 Å². The molecular formula is C10H12N2S. The van der Waals surface area contributed by atoms with E-state index >= 15 is 0 Å². The molecule has 0 unspecified atom stereocenters. The third kappa shape index (κ3) is 1.52. The highest BCUT2D eigenvalue weighted by atomic mass is 32.1. The molecule has 1 aromatic carbocycles. The molecule has 1 aromatic rings. The molecule has 1 aliphatic heterocycles. The largest absolute Gasteiger partial charge is 0.389 e. The van der Waals surface area contributed by atoms with E-state index in [2.05, 4.69) is 11.4 Å². The minimum atomic E-state index is 0.478. The number of hydrogen-bond acceptors (Lipinski definition) is 2. The molecule has 3 N–H and O–H groups in total. The van der Waals surface area contributed by atoms with Gasteiger partial charge in [-0.25, -0.2) is 0 Å². The van der Waals surface area contributed by atoms with Crippen LogP contribution in [0.2, 0.25) is 0 Å².